The summed E-state index contributed by atoms with van der Waals surface area (Å²) in [5.74, 6) is -2.46. The Kier molecular flexibility index (Phi) is 5.74. The predicted octanol–water partition coefficient (Wildman–Crippen LogP) is 0.215. The van der Waals surface area contributed by atoms with Crippen molar-refractivity contribution in [1.82, 2.24) is 0 Å². The van der Waals surface area contributed by atoms with Gasteiger partial charge in [0, 0.05) is 16.8 Å². The van der Waals surface area contributed by atoms with Crippen LogP contribution in [0.5, 0.6) is 0 Å². The molecule has 8 heteroatoms. The van der Waals surface area contributed by atoms with E-state index in [1.165, 1.54) is 17.0 Å². The number of halogens is 1. The Morgan fingerprint density at radius 1 is 1.19 bits per heavy atom. The van der Waals surface area contributed by atoms with E-state index < -0.39 is 17.8 Å². The van der Waals surface area contributed by atoms with Crippen molar-refractivity contribution in [3.63, 3.8) is 0 Å². The molecule has 0 radical (unpaired) electrons. The summed E-state index contributed by atoms with van der Waals surface area (Å²) in [5, 5.41) is 9.03. The lowest BCUT2D eigenvalue weighted by atomic mass is 10.1. The van der Waals surface area contributed by atoms with Gasteiger partial charge in [-0.25, -0.2) is 4.79 Å². The second-order valence-electron chi connectivity index (χ2n) is 4.16. The van der Waals surface area contributed by atoms with E-state index in [1.54, 1.807) is 12.1 Å². The van der Waals surface area contributed by atoms with Crippen molar-refractivity contribution < 1.29 is 19.5 Å². The molecular formula is C13H14ClN3O4. The zero-order valence-electron chi connectivity index (χ0n) is 11.0. The molecule has 7 nitrogen and oxygen atoms in total. The van der Waals surface area contributed by atoms with Gasteiger partial charge in [0.25, 0.3) is 0 Å². The number of amides is 2. The molecule has 0 fully saturated rings. The van der Waals surface area contributed by atoms with E-state index in [0.29, 0.717) is 16.3 Å². The summed E-state index contributed by atoms with van der Waals surface area (Å²) < 4.78 is 0. The van der Waals surface area contributed by atoms with Crippen LogP contribution in [0.3, 0.4) is 0 Å². The molecular weight excluding hydrogens is 298 g/mol. The lowest BCUT2D eigenvalue weighted by Gasteiger charge is -2.23. The van der Waals surface area contributed by atoms with E-state index in [4.69, 9.17) is 28.2 Å². The van der Waals surface area contributed by atoms with Gasteiger partial charge in [-0.2, -0.15) is 0 Å². The minimum atomic E-state index is -1.13. The van der Waals surface area contributed by atoms with Crippen LogP contribution in [-0.4, -0.2) is 36.0 Å². The number of primary amides is 2. The number of nitrogens with two attached hydrogens (primary N) is 2. The fourth-order valence-corrected chi connectivity index (χ4v) is 1.86. The number of carbonyl (C=O) groups is 3. The van der Waals surface area contributed by atoms with Gasteiger partial charge >= 0.3 is 5.97 Å². The van der Waals surface area contributed by atoms with Gasteiger partial charge in [0.05, 0.1) is 13.1 Å². The first-order valence-corrected chi connectivity index (χ1v) is 6.19. The van der Waals surface area contributed by atoms with Crippen LogP contribution < -0.4 is 16.4 Å². The quantitative estimate of drug-likeness (QED) is 0.621. The zero-order chi connectivity index (χ0) is 16.0. The maximum absolute atomic E-state index is 11.1. The topological polar surface area (TPSA) is 127 Å². The third kappa shape index (κ3) is 5.53. The van der Waals surface area contributed by atoms with Gasteiger partial charge in [-0.05, 0) is 23.8 Å². The van der Waals surface area contributed by atoms with Gasteiger partial charge < -0.3 is 21.5 Å². The molecule has 0 heterocycles. The van der Waals surface area contributed by atoms with E-state index in [0.717, 1.165) is 6.08 Å². The SMILES string of the molecule is NC(=O)CN(CC(N)=O)c1cc(Cl)ccc1/C=C/C(=O)O. The van der Waals surface area contributed by atoms with Crippen LogP contribution in [0.25, 0.3) is 6.08 Å². The van der Waals surface area contributed by atoms with Crippen LogP contribution in [0.4, 0.5) is 5.69 Å². The number of rotatable bonds is 7. The molecule has 5 N–H and O–H groups in total. The van der Waals surface area contributed by atoms with Crippen LogP contribution >= 0.6 is 11.6 Å². The Labute approximate surface area is 125 Å². The molecule has 0 aromatic heterocycles. The Balaban J connectivity index is 3.26. The minimum absolute atomic E-state index is 0.253. The van der Waals surface area contributed by atoms with Crippen LogP contribution in [0.15, 0.2) is 24.3 Å². The maximum Gasteiger partial charge on any atom is 0.328 e. The molecule has 0 aliphatic carbocycles. The van der Waals surface area contributed by atoms with E-state index in [2.05, 4.69) is 0 Å². The molecule has 1 aromatic carbocycles. The molecule has 1 aromatic rings. The Bertz CT molecular complexity index is 585. The van der Waals surface area contributed by atoms with E-state index in [-0.39, 0.29) is 13.1 Å². The lowest BCUT2D eigenvalue weighted by Crippen LogP contribution is -2.40. The van der Waals surface area contributed by atoms with Crippen molar-refractivity contribution in [2.24, 2.45) is 11.5 Å². The van der Waals surface area contributed by atoms with Crippen LogP contribution in [0.1, 0.15) is 5.56 Å². The summed E-state index contributed by atoms with van der Waals surface area (Å²) >= 11 is 5.90. The standard InChI is InChI=1S/C13H14ClN3O4/c14-9-3-1-8(2-4-13(20)21)10(5-9)17(6-11(15)18)7-12(16)19/h1-5H,6-7H2,(H2,15,18)(H2,16,19)(H,20,21)/b4-2+. The third-order valence-electron chi connectivity index (χ3n) is 2.43. The van der Waals surface area contributed by atoms with E-state index >= 15 is 0 Å². The van der Waals surface area contributed by atoms with Crippen molar-refractivity contribution >= 4 is 41.1 Å². The monoisotopic (exact) mass is 311 g/mol. The third-order valence-corrected chi connectivity index (χ3v) is 2.67. The van der Waals surface area contributed by atoms with Gasteiger partial charge in [-0.1, -0.05) is 17.7 Å². The minimum Gasteiger partial charge on any atom is -0.478 e. The number of hydrogen-bond acceptors (Lipinski definition) is 4. The normalized spacial score (nSPS) is 10.5. The first-order chi connectivity index (χ1) is 9.79. The molecule has 0 aliphatic heterocycles. The summed E-state index contributed by atoms with van der Waals surface area (Å²) in [4.78, 5) is 34.2. The smallest absolute Gasteiger partial charge is 0.328 e. The van der Waals surface area contributed by atoms with Gasteiger partial charge in [-0.15, -0.1) is 0 Å². The summed E-state index contributed by atoms with van der Waals surface area (Å²) in [6.45, 7) is -0.506. The van der Waals surface area contributed by atoms with Crippen molar-refractivity contribution in [2.75, 3.05) is 18.0 Å². The largest absolute Gasteiger partial charge is 0.478 e. The van der Waals surface area contributed by atoms with Crippen LogP contribution in [-0.2, 0) is 14.4 Å². The maximum atomic E-state index is 11.1. The predicted molar refractivity (Wildman–Crippen MR) is 78.7 cm³/mol. The highest BCUT2D eigenvalue weighted by Crippen LogP contribution is 2.26. The number of anilines is 1. The molecule has 21 heavy (non-hydrogen) atoms. The molecule has 0 saturated carbocycles. The fraction of sp³-hybridized carbons (Fsp3) is 0.154. The number of benzene rings is 1. The van der Waals surface area contributed by atoms with Crippen molar-refractivity contribution in [3.8, 4) is 0 Å². The zero-order valence-corrected chi connectivity index (χ0v) is 11.7. The Hall–Kier alpha value is -2.54. The number of nitrogens with zero attached hydrogens (tertiary/aromatic N) is 1. The summed E-state index contributed by atoms with van der Waals surface area (Å²) in [6.07, 6.45) is 2.25. The highest BCUT2D eigenvalue weighted by molar-refractivity contribution is 6.31. The average molecular weight is 312 g/mol. The summed E-state index contributed by atoms with van der Waals surface area (Å²) in [6, 6.07) is 4.61. The van der Waals surface area contributed by atoms with Gasteiger partial charge in [0.1, 0.15) is 0 Å². The van der Waals surface area contributed by atoms with Crippen molar-refractivity contribution in [1.29, 1.82) is 0 Å². The van der Waals surface area contributed by atoms with Crippen molar-refractivity contribution in [2.45, 2.75) is 0 Å². The number of carboxylic acid groups (broad SMARTS) is 1. The molecule has 2 amide bonds. The van der Waals surface area contributed by atoms with E-state index in [9.17, 15) is 14.4 Å². The Morgan fingerprint density at radius 2 is 1.76 bits per heavy atom. The number of carboxylic acids is 1. The van der Waals surface area contributed by atoms with Crippen LogP contribution in [0.2, 0.25) is 5.02 Å². The van der Waals surface area contributed by atoms with Crippen LogP contribution in [0, 0.1) is 0 Å². The number of aliphatic carboxylic acids is 1. The highest BCUT2D eigenvalue weighted by Gasteiger charge is 2.15. The second kappa shape index (κ2) is 7.30. The molecule has 0 aliphatic rings. The molecule has 1 rings (SSSR count). The molecule has 0 spiro atoms. The highest BCUT2D eigenvalue weighted by atomic mass is 35.5. The Morgan fingerprint density at radius 3 is 2.24 bits per heavy atom. The second-order valence-corrected chi connectivity index (χ2v) is 4.60. The fourth-order valence-electron chi connectivity index (χ4n) is 1.70. The summed E-state index contributed by atoms with van der Waals surface area (Å²) in [5.41, 5.74) is 11.1. The first kappa shape index (κ1) is 16.5. The lowest BCUT2D eigenvalue weighted by molar-refractivity contribution is -0.131. The van der Waals surface area contributed by atoms with E-state index in [1.807, 2.05) is 0 Å². The number of carbonyl (C=O) groups excluding carboxylic acids is 2. The molecule has 0 unspecified atom stereocenters. The molecule has 112 valence electrons. The molecule has 0 saturated heterocycles. The molecule has 0 bridgehead atoms. The van der Waals surface area contributed by atoms with Gasteiger partial charge in [0.2, 0.25) is 11.8 Å². The summed E-state index contributed by atoms with van der Waals surface area (Å²) in [7, 11) is 0. The number of hydrogen-bond donors (Lipinski definition) is 3. The first-order valence-electron chi connectivity index (χ1n) is 5.81. The van der Waals surface area contributed by atoms with Gasteiger partial charge in [0.15, 0.2) is 0 Å². The van der Waals surface area contributed by atoms with Gasteiger partial charge in [-0.3, -0.25) is 9.59 Å². The van der Waals surface area contributed by atoms with Crippen molar-refractivity contribution in [3.05, 3.63) is 34.9 Å². The molecule has 0 atom stereocenters. The average Bonchev–Trinajstić information content (AvgIpc) is 2.35.